The minimum Gasteiger partial charge on any atom is -0.493 e. The van der Waals surface area contributed by atoms with E-state index in [0.717, 1.165) is 12.1 Å². The lowest BCUT2D eigenvalue weighted by atomic mass is 10.0. The molecule has 2 aromatic rings. The highest BCUT2D eigenvalue weighted by Gasteiger charge is 2.31. The Bertz CT molecular complexity index is 935. The Labute approximate surface area is 160 Å². The predicted octanol–water partition coefficient (Wildman–Crippen LogP) is 4.91. The molecule has 1 amide bonds. The van der Waals surface area contributed by atoms with Crippen LogP contribution in [-0.2, 0) is 11.0 Å². The van der Waals surface area contributed by atoms with Crippen molar-refractivity contribution < 1.29 is 27.4 Å². The normalized spacial score (nSPS) is 15.0. The Morgan fingerprint density at radius 3 is 2.21 bits per heavy atom. The van der Waals surface area contributed by atoms with E-state index in [-0.39, 0.29) is 5.91 Å². The van der Waals surface area contributed by atoms with Gasteiger partial charge in [-0.1, -0.05) is 6.92 Å². The number of benzene rings is 2. The third kappa shape index (κ3) is 3.62. The number of rotatable bonds is 5. The molecular weight excluding hydrogens is 373 g/mol. The Balaban J connectivity index is 2.00. The molecule has 3 rings (SSSR count). The smallest absolute Gasteiger partial charge is 0.416 e. The molecule has 28 heavy (non-hydrogen) atoms. The number of allylic oxidation sites excluding steroid dienone is 1. The van der Waals surface area contributed by atoms with Crippen LogP contribution in [-0.4, -0.2) is 20.1 Å². The number of halogens is 3. The van der Waals surface area contributed by atoms with Gasteiger partial charge in [-0.15, -0.1) is 0 Å². The minimum absolute atomic E-state index is 0.304. The lowest BCUT2D eigenvalue weighted by Crippen LogP contribution is -2.10. The molecule has 1 heterocycles. The zero-order valence-corrected chi connectivity index (χ0v) is 15.5. The molecule has 0 radical (unpaired) electrons. The number of ether oxygens (including phenoxy) is 2. The van der Waals surface area contributed by atoms with E-state index >= 15 is 0 Å². The fourth-order valence-electron chi connectivity index (χ4n) is 3.04. The first-order valence-corrected chi connectivity index (χ1v) is 8.53. The molecule has 1 aliphatic heterocycles. The van der Waals surface area contributed by atoms with Crippen molar-refractivity contribution in [2.75, 3.05) is 24.9 Å². The highest BCUT2D eigenvalue weighted by atomic mass is 19.4. The van der Waals surface area contributed by atoms with Crippen LogP contribution in [0.25, 0.3) is 5.57 Å². The molecule has 0 atom stereocenters. The third-order valence-corrected chi connectivity index (χ3v) is 4.43. The highest BCUT2D eigenvalue weighted by Crippen LogP contribution is 2.42. The molecule has 148 valence electrons. The van der Waals surface area contributed by atoms with Crippen molar-refractivity contribution in [1.29, 1.82) is 0 Å². The van der Waals surface area contributed by atoms with Gasteiger partial charge in [-0.3, -0.25) is 4.79 Å². The number of hydrogen-bond acceptors (Lipinski definition) is 4. The average Bonchev–Trinajstić information content (AvgIpc) is 2.99. The molecule has 1 aliphatic rings. The summed E-state index contributed by atoms with van der Waals surface area (Å²) in [5, 5.41) is 5.85. The summed E-state index contributed by atoms with van der Waals surface area (Å²) in [6.07, 6.45) is -3.93. The molecule has 5 nitrogen and oxygen atoms in total. The molecule has 0 bridgehead atoms. The zero-order valence-electron chi connectivity index (χ0n) is 15.5. The first-order chi connectivity index (χ1) is 13.3. The first kappa shape index (κ1) is 19.6. The highest BCUT2D eigenvalue weighted by molar-refractivity contribution is 6.32. The maximum Gasteiger partial charge on any atom is 0.416 e. The molecule has 8 heteroatoms. The van der Waals surface area contributed by atoms with Crippen LogP contribution in [0.2, 0.25) is 0 Å². The lowest BCUT2D eigenvalue weighted by Gasteiger charge is -2.14. The fraction of sp³-hybridized carbons (Fsp3) is 0.250. The van der Waals surface area contributed by atoms with E-state index in [0.29, 0.717) is 46.1 Å². The molecule has 2 aromatic carbocycles. The second-order valence-electron chi connectivity index (χ2n) is 6.11. The summed E-state index contributed by atoms with van der Waals surface area (Å²) in [6.45, 7) is 1.85. The molecule has 2 N–H and O–H groups in total. The second-order valence-corrected chi connectivity index (χ2v) is 6.11. The summed E-state index contributed by atoms with van der Waals surface area (Å²) in [7, 11) is 3.00. The zero-order chi connectivity index (χ0) is 20.5. The number of amides is 1. The van der Waals surface area contributed by atoms with Gasteiger partial charge in [-0.05, 0) is 36.8 Å². The molecule has 0 saturated heterocycles. The van der Waals surface area contributed by atoms with Gasteiger partial charge < -0.3 is 20.1 Å². The maximum absolute atomic E-state index is 12.7. The first-order valence-electron chi connectivity index (χ1n) is 8.53. The Hall–Kier alpha value is -3.16. The van der Waals surface area contributed by atoms with Crippen molar-refractivity contribution in [3.05, 3.63) is 53.2 Å². The SMILES string of the molecule is CC/C(Nc1ccc(C(F)(F)F)cc1)=C1/C(=O)Nc2cc(OC)c(OC)cc21. The fourth-order valence-corrected chi connectivity index (χ4v) is 3.04. The van der Waals surface area contributed by atoms with Crippen LogP contribution in [0.5, 0.6) is 11.5 Å². The van der Waals surface area contributed by atoms with Gasteiger partial charge >= 0.3 is 6.18 Å². The van der Waals surface area contributed by atoms with Crippen LogP contribution in [0, 0.1) is 0 Å². The van der Waals surface area contributed by atoms with Crippen LogP contribution < -0.4 is 20.1 Å². The maximum atomic E-state index is 12.7. The van der Waals surface area contributed by atoms with Gasteiger partial charge in [0, 0.05) is 23.0 Å². The number of nitrogens with one attached hydrogen (secondary N) is 2. The van der Waals surface area contributed by atoms with Crippen LogP contribution in [0.3, 0.4) is 0 Å². The van der Waals surface area contributed by atoms with Crippen LogP contribution in [0.4, 0.5) is 24.5 Å². The predicted molar refractivity (Wildman–Crippen MR) is 100 cm³/mol. The van der Waals surface area contributed by atoms with Gasteiger partial charge in [-0.2, -0.15) is 13.2 Å². The second kappa shape index (κ2) is 7.46. The van der Waals surface area contributed by atoms with E-state index in [4.69, 9.17) is 9.47 Å². The molecule has 0 spiro atoms. The quantitative estimate of drug-likeness (QED) is 0.710. The summed E-state index contributed by atoms with van der Waals surface area (Å²) in [5.74, 6) is 0.651. The van der Waals surface area contributed by atoms with E-state index in [1.807, 2.05) is 6.92 Å². The summed E-state index contributed by atoms with van der Waals surface area (Å²) in [5.41, 5.74) is 1.95. The number of carbonyl (C=O) groups is 1. The number of fused-ring (bicyclic) bond motifs is 1. The van der Waals surface area contributed by atoms with Crippen molar-refractivity contribution in [1.82, 2.24) is 0 Å². The van der Waals surface area contributed by atoms with Crippen LogP contribution in [0.15, 0.2) is 42.1 Å². The largest absolute Gasteiger partial charge is 0.493 e. The minimum atomic E-state index is -4.40. The molecule has 0 aliphatic carbocycles. The lowest BCUT2D eigenvalue weighted by molar-refractivity contribution is -0.137. The van der Waals surface area contributed by atoms with Gasteiger partial charge in [0.1, 0.15) is 0 Å². The van der Waals surface area contributed by atoms with Crippen molar-refractivity contribution in [2.45, 2.75) is 19.5 Å². The number of methoxy groups -OCH3 is 2. The van der Waals surface area contributed by atoms with Crippen molar-refractivity contribution in [2.24, 2.45) is 0 Å². The van der Waals surface area contributed by atoms with Crippen molar-refractivity contribution in [3.8, 4) is 11.5 Å². The van der Waals surface area contributed by atoms with Crippen LogP contribution >= 0.6 is 0 Å². The summed E-state index contributed by atoms with van der Waals surface area (Å²) < 4.78 is 48.8. The molecule has 0 saturated carbocycles. The summed E-state index contributed by atoms with van der Waals surface area (Å²) >= 11 is 0. The molecule has 0 fully saturated rings. The van der Waals surface area contributed by atoms with Gasteiger partial charge in [0.25, 0.3) is 5.91 Å². The van der Waals surface area contributed by atoms with Crippen LogP contribution in [0.1, 0.15) is 24.5 Å². The van der Waals surface area contributed by atoms with Gasteiger partial charge in [0.15, 0.2) is 11.5 Å². The van der Waals surface area contributed by atoms with E-state index in [1.165, 1.54) is 26.4 Å². The van der Waals surface area contributed by atoms with E-state index in [2.05, 4.69) is 10.6 Å². The van der Waals surface area contributed by atoms with E-state index in [9.17, 15) is 18.0 Å². The molecular formula is C20H19F3N2O3. The van der Waals surface area contributed by atoms with Crippen molar-refractivity contribution in [3.63, 3.8) is 0 Å². The Kier molecular flexibility index (Phi) is 5.22. The Morgan fingerprint density at radius 2 is 1.68 bits per heavy atom. The third-order valence-electron chi connectivity index (χ3n) is 4.43. The van der Waals surface area contributed by atoms with E-state index in [1.54, 1.807) is 12.1 Å². The number of anilines is 2. The standard InChI is InChI=1S/C20H19F3N2O3/c1-4-14(24-12-7-5-11(6-8-12)20(21,22)23)18-13-9-16(27-2)17(28-3)10-15(13)25-19(18)26/h5-10,24H,4H2,1-3H3,(H,25,26)/b18-14-. The number of carbonyl (C=O) groups excluding carboxylic acids is 1. The number of alkyl halides is 3. The summed E-state index contributed by atoms with van der Waals surface area (Å²) in [4.78, 5) is 12.6. The van der Waals surface area contributed by atoms with Gasteiger partial charge in [-0.25, -0.2) is 0 Å². The van der Waals surface area contributed by atoms with Gasteiger partial charge in [0.2, 0.25) is 0 Å². The molecule has 0 unspecified atom stereocenters. The van der Waals surface area contributed by atoms with Crippen molar-refractivity contribution >= 4 is 22.9 Å². The summed E-state index contributed by atoms with van der Waals surface area (Å²) in [6, 6.07) is 8.03. The number of hydrogen-bond donors (Lipinski definition) is 2. The Morgan fingerprint density at radius 1 is 1.07 bits per heavy atom. The average molecular weight is 392 g/mol. The molecule has 0 aromatic heterocycles. The van der Waals surface area contributed by atoms with E-state index < -0.39 is 11.7 Å². The van der Waals surface area contributed by atoms with Gasteiger partial charge in [0.05, 0.1) is 31.0 Å². The topological polar surface area (TPSA) is 59.6 Å². The monoisotopic (exact) mass is 392 g/mol.